The second-order valence-electron chi connectivity index (χ2n) is 7.48. The average molecular weight is 453 g/mol. The van der Waals surface area contributed by atoms with Gasteiger partial charge in [-0.2, -0.15) is 5.10 Å². The van der Waals surface area contributed by atoms with Crippen LogP contribution in [-0.4, -0.2) is 38.9 Å². The Morgan fingerprint density at radius 3 is 2.47 bits per heavy atom. The lowest BCUT2D eigenvalue weighted by molar-refractivity contribution is 0.0478. The summed E-state index contributed by atoms with van der Waals surface area (Å²) < 4.78 is 20.1. The Morgan fingerprint density at radius 2 is 1.84 bits per heavy atom. The molecule has 3 aromatic heterocycles. The van der Waals surface area contributed by atoms with Crippen LogP contribution in [0.1, 0.15) is 54.4 Å². The molecule has 9 heteroatoms. The molecule has 0 atom stereocenters. The number of fused-ring (bicyclic) bond motifs is 1. The van der Waals surface area contributed by atoms with E-state index in [0.717, 1.165) is 5.39 Å². The summed E-state index contributed by atoms with van der Waals surface area (Å²) in [7, 11) is 0. The van der Waals surface area contributed by atoms with Crippen LogP contribution >= 0.6 is 11.3 Å². The fraction of sp³-hybridized carbons (Fsp3) is 0.217. The molecule has 0 amide bonds. The molecule has 7 nitrogen and oxygen atoms in total. The van der Waals surface area contributed by atoms with Crippen LogP contribution in [0, 0.1) is 26.6 Å². The molecule has 4 rings (SSSR count). The SMILES string of the molecule is CC(=O)c1c(C)[nH]c(C(=O)COC(=O)c2cc3c(C)nn(-c4ccc(F)cc4)c3s2)c1C. The van der Waals surface area contributed by atoms with Crippen LogP contribution in [0.25, 0.3) is 15.9 Å². The molecule has 0 fully saturated rings. The molecule has 0 bridgehead atoms. The number of Topliss-reactive ketones (excluding diaryl/α,β-unsaturated/α-hetero) is 2. The van der Waals surface area contributed by atoms with E-state index in [1.165, 1.54) is 30.4 Å². The number of rotatable bonds is 6. The molecule has 3 heterocycles. The van der Waals surface area contributed by atoms with E-state index in [1.54, 1.807) is 36.7 Å². The number of aromatic amines is 1. The van der Waals surface area contributed by atoms with Crippen molar-refractivity contribution in [3.05, 3.63) is 69.2 Å². The van der Waals surface area contributed by atoms with Gasteiger partial charge < -0.3 is 9.72 Å². The van der Waals surface area contributed by atoms with Gasteiger partial charge in [0.25, 0.3) is 0 Å². The molecule has 0 radical (unpaired) electrons. The summed E-state index contributed by atoms with van der Waals surface area (Å²) in [6.45, 7) is 6.21. The Hall–Kier alpha value is -3.59. The van der Waals surface area contributed by atoms with Gasteiger partial charge in [-0.1, -0.05) is 0 Å². The quantitative estimate of drug-likeness (QED) is 0.337. The zero-order valence-corrected chi connectivity index (χ0v) is 18.7. The smallest absolute Gasteiger partial charge is 0.348 e. The number of thiophene rings is 1. The third kappa shape index (κ3) is 3.75. The highest BCUT2D eigenvalue weighted by Crippen LogP contribution is 2.31. The molecule has 32 heavy (non-hydrogen) atoms. The first-order valence-corrected chi connectivity index (χ1v) is 10.6. The molecule has 0 spiro atoms. The molecule has 0 aliphatic heterocycles. The standard InChI is InChI=1S/C23H20FN3O4S/c1-11-20(14(4)28)13(3)25-21(11)18(29)10-31-23(30)19-9-17-12(2)26-27(22(17)32-19)16-7-5-15(24)6-8-16/h5-9,25H,10H2,1-4H3. The summed E-state index contributed by atoms with van der Waals surface area (Å²) in [5.74, 6) is -1.53. The topological polar surface area (TPSA) is 94.0 Å². The van der Waals surface area contributed by atoms with E-state index in [-0.39, 0.29) is 17.3 Å². The van der Waals surface area contributed by atoms with Gasteiger partial charge >= 0.3 is 5.97 Å². The molecular weight excluding hydrogens is 433 g/mol. The summed E-state index contributed by atoms with van der Waals surface area (Å²) in [5.41, 5.74) is 3.28. The maximum atomic E-state index is 13.3. The van der Waals surface area contributed by atoms with Gasteiger partial charge in [0.2, 0.25) is 5.78 Å². The van der Waals surface area contributed by atoms with Crippen molar-refractivity contribution in [2.24, 2.45) is 0 Å². The average Bonchev–Trinajstić information content (AvgIpc) is 3.39. The summed E-state index contributed by atoms with van der Waals surface area (Å²) in [6, 6.07) is 7.57. The van der Waals surface area contributed by atoms with E-state index in [0.29, 0.717) is 37.9 Å². The number of carbonyl (C=O) groups is 3. The zero-order chi connectivity index (χ0) is 23.2. The van der Waals surface area contributed by atoms with Crippen LogP contribution in [0.5, 0.6) is 0 Å². The van der Waals surface area contributed by atoms with Gasteiger partial charge in [0, 0.05) is 16.6 Å². The van der Waals surface area contributed by atoms with Gasteiger partial charge in [-0.15, -0.1) is 11.3 Å². The van der Waals surface area contributed by atoms with Crippen LogP contribution in [0.4, 0.5) is 4.39 Å². The largest absolute Gasteiger partial charge is 0.453 e. The van der Waals surface area contributed by atoms with Crippen molar-refractivity contribution in [3.8, 4) is 5.69 Å². The minimum Gasteiger partial charge on any atom is -0.453 e. The van der Waals surface area contributed by atoms with Gasteiger partial charge in [-0.3, -0.25) is 9.59 Å². The Bertz CT molecular complexity index is 1380. The molecule has 1 aromatic carbocycles. The maximum absolute atomic E-state index is 13.3. The third-order valence-electron chi connectivity index (χ3n) is 5.22. The molecule has 4 aromatic rings. The summed E-state index contributed by atoms with van der Waals surface area (Å²) in [6.07, 6.45) is 0. The number of hydrogen-bond acceptors (Lipinski definition) is 6. The predicted molar refractivity (Wildman–Crippen MR) is 119 cm³/mol. The molecule has 0 saturated carbocycles. The van der Waals surface area contributed by atoms with Crippen molar-refractivity contribution in [2.75, 3.05) is 6.61 Å². The number of aryl methyl sites for hydroxylation is 2. The normalized spacial score (nSPS) is 11.2. The fourth-order valence-electron chi connectivity index (χ4n) is 3.74. The second-order valence-corrected chi connectivity index (χ2v) is 8.51. The van der Waals surface area contributed by atoms with Crippen molar-refractivity contribution in [2.45, 2.75) is 27.7 Å². The van der Waals surface area contributed by atoms with Gasteiger partial charge in [0.15, 0.2) is 12.4 Å². The van der Waals surface area contributed by atoms with Gasteiger partial charge in [-0.05, 0) is 63.6 Å². The van der Waals surface area contributed by atoms with Crippen LogP contribution in [-0.2, 0) is 4.74 Å². The Morgan fingerprint density at radius 1 is 1.16 bits per heavy atom. The molecule has 1 N–H and O–H groups in total. The second kappa shape index (κ2) is 8.16. The molecule has 164 valence electrons. The van der Waals surface area contributed by atoms with E-state index in [4.69, 9.17) is 4.74 Å². The van der Waals surface area contributed by atoms with Gasteiger partial charge in [-0.25, -0.2) is 13.9 Å². The molecule has 0 aliphatic carbocycles. The van der Waals surface area contributed by atoms with E-state index < -0.39 is 18.4 Å². The van der Waals surface area contributed by atoms with Crippen LogP contribution in [0.15, 0.2) is 30.3 Å². The third-order valence-corrected chi connectivity index (χ3v) is 6.31. The minimum atomic E-state index is -0.627. The predicted octanol–water partition coefficient (Wildman–Crippen LogP) is 4.72. The number of nitrogens with one attached hydrogen (secondary N) is 1. The number of esters is 1. The molecule has 0 saturated heterocycles. The number of hydrogen-bond donors (Lipinski definition) is 1. The van der Waals surface area contributed by atoms with E-state index in [9.17, 15) is 18.8 Å². The lowest BCUT2D eigenvalue weighted by Crippen LogP contribution is -2.15. The van der Waals surface area contributed by atoms with Crippen LogP contribution < -0.4 is 0 Å². The fourth-order valence-corrected chi connectivity index (χ4v) is 4.81. The van der Waals surface area contributed by atoms with Crippen LogP contribution in [0.3, 0.4) is 0 Å². The monoisotopic (exact) mass is 453 g/mol. The highest BCUT2D eigenvalue weighted by Gasteiger charge is 2.22. The van der Waals surface area contributed by atoms with Crippen molar-refractivity contribution in [1.82, 2.24) is 14.8 Å². The highest BCUT2D eigenvalue weighted by atomic mass is 32.1. The Kier molecular flexibility index (Phi) is 5.52. The van der Waals surface area contributed by atoms with Gasteiger partial charge in [0.1, 0.15) is 15.5 Å². The number of aromatic nitrogens is 3. The molecule has 0 aliphatic rings. The summed E-state index contributed by atoms with van der Waals surface area (Å²) in [4.78, 5) is 40.9. The first kappa shape index (κ1) is 21.6. The molecule has 0 unspecified atom stereocenters. The lowest BCUT2D eigenvalue weighted by atomic mass is 10.1. The number of nitrogens with zero attached hydrogens (tertiary/aromatic N) is 2. The van der Waals surface area contributed by atoms with Gasteiger partial charge in [0.05, 0.1) is 17.1 Å². The van der Waals surface area contributed by atoms with E-state index >= 15 is 0 Å². The number of ketones is 2. The van der Waals surface area contributed by atoms with Crippen molar-refractivity contribution in [1.29, 1.82) is 0 Å². The molecular formula is C23H20FN3O4S. The van der Waals surface area contributed by atoms with E-state index in [1.807, 2.05) is 6.92 Å². The maximum Gasteiger partial charge on any atom is 0.348 e. The first-order chi connectivity index (χ1) is 15.2. The Labute approximate surface area is 186 Å². The summed E-state index contributed by atoms with van der Waals surface area (Å²) >= 11 is 1.18. The first-order valence-electron chi connectivity index (χ1n) is 9.83. The number of halogens is 1. The van der Waals surface area contributed by atoms with Crippen molar-refractivity contribution >= 4 is 39.1 Å². The van der Waals surface area contributed by atoms with E-state index in [2.05, 4.69) is 10.1 Å². The zero-order valence-electron chi connectivity index (χ0n) is 17.9. The summed E-state index contributed by atoms with van der Waals surface area (Å²) in [5, 5.41) is 5.24. The number of H-pyrrole nitrogens is 1. The van der Waals surface area contributed by atoms with Crippen molar-refractivity contribution < 1.29 is 23.5 Å². The number of benzene rings is 1. The lowest BCUT2D eigenvalue weighted by Gasteiger charge is -2.03. The highest BCUT2D eigenvalue weighted by molar-refractivity contribution is 7.20. The number of carbonyl (C=O) groups excluding carboxylic acids is 3. The Balaban J connectivity index is 1.54. The van der Waals surface area contributed by atoms with Crippen LogP contribution in [0.2, 0.25) is 0 Å². The minimum absolute atomic E-state index is 0.136. The van der Waals surface area contributed by atoms with Crippen molar-refractivity contribution in [3.63, 3.8) is 0 Å². The number of ether oxygens (including phenoxy) is 1.